The molecule has 3 rings (SSSR count). The zero-order valence-corrected chi connectivity index (χ0v) is 14.5. The average molecular weight is 388 g/mol. The molecule has 0 aliphatic heterocycles. The molecule has 2 heterocycles. The number of carbonyl (C=O) groups excluding carboxylic acids is 1. The second-order valence-electron chi connectivity index (χ2n) is 5.32. The first-order valence-electron chi connectivity index (χ1n) is 7.68. The summed E-state index contributed by atoms with van der Waals surface area (Å²) in [5.74, 6) is -1.70. The molecular weight excluding hydrogens is 368 g/mol. The summed E-state index contributed by atoms with van der Waals surface area (Å²) < 4.78 is 14.8. The number of rotatable bonds is 4. The Kier molecular flexibility index (Phi) is 7.76. The van der Waals surface area contributed by atoms with Gasteiger partial charge in [0.15, 0.2) is 0 Å². The molecule has 8 heteroatoms. The molecule has 0 amide bonds. The first-order chi connectivity index (χ1) is 12.8. The highest BCUT2D eigenvalue weighted by molar-refractivity contribution is 5.94. The third kappa shape index (κ3) is 5.87. The Morgan fingerprint density at radius 1 is 0.786 bits per heavy atom. The number of aromatic carboxylic acids is 2. The van der Waals surface area contributed by atoms with Crippen molar-refractivity contribution in [3.05, 3.63) is 77.1 Å². The number of carbonyl (C=O) groups is 3. The van der Waals surface area contributed by atoms with E-state index in [-0.39, 0.29) is 30.3 Å². The molecule has 0 fully saturated rings. The van der Waals surface area contributed by atoms with E-state index < -0.39 is 17.9 Å². The van der Waals surface area contributed by atoms with E-state index in [2.05, 4.69) is 0 Å². The number of hydrogen-bond donors (Lipinski definition) is 2. The van der Waals surface area contributed by atoms with Crippen molar-refractivity contribution in [3.8, 4) is 5.75 Å². The summed E-state index contributed by atoms with van der Waals surface area (Å²) >= 11 is 0. The Balaban J connectivity index is 0.000000332. The van der Waals surface area contributed by atoms with Gasteiger partial charge in [0, 0.05) is 0 Å². The standard InChI is InChI=1S/C13H10O5.C6H6O3.CH4/c1-8-6-7-11(17-8)13(16)18-10-5-3-2-4-9(10)12(14)15;1-4-2-3-5(9-4)6(7)8;/h2-7H,1H3,(H,14,15);2-3H,1H3,(H,7,8);1H4. The molecule has 1 aromatic carbocycles. The topological polar surface area (TPSA) is 127 Å². The molecule has 0 unspecified atom stereocenters. The van der Waals surface area contributed by atoms with Gasteiger partial charge in [0.1, 0.15) is 22.8 Å². The molecule has 3 aromatic rings. The monoisotopic (exact) mass is 388 g/mol. The molecule has 0 aliphatic rings. The van der Waals surface area contributed by atoms with Gasteiger partial charge in [-0.05, 0) is 50.2 Å². The van der Waals surface area contributed by atoms with Crippen LogP contribution in [0.25, 0.3) is 0 Å². The molecule has 0 aliphatic carbocycles. The van der Waals surface area contributed by atoms with Gasteiger partial charge in [0.05, 0.1) is 0 Å². The van der Waals surface area contributed by atoms with Gasteiger partial charge in [-0.25, -0.2) is 14.4 Å². The van der Waals surface area contributed by atoms with Crippen molar-refractivity contribution in [1.82, 2.24) is 0 Å². The maximum Gasteiger partial charge on any atom is 0.379 e. The van der Waals surface area contributed by atoms with E-state index in [1.54, 1.807) is 38.1 Å². The highest BCUT2D eigenvalue weighted by Crippen LogP contribution is 2.19. The summed E-state index contributed by atoms with van der Waals surface area (Å²) in [6.07, 6.45) is 0. The van der Waals surface area contributed by atoms with Crippen LogP contribution < -0.4 is 4.74 Å². The minimum absolute atomic E-state index is 0. The highest BCUT2D eigenvalue weighted by atomic mass is 16.5. The molecule has 0 atom stereocenters. The fourth-order valence-electron chi connectivity index (χ4n) is 1.98. The van der Waals surface area contributed by atoms with Crippen LogP contribution in [0.3, 0.4) is 0 Å². The van der Waals surface area contributed by atoms with Gasteiger partial charge in [-0.3, -0.25) is 0 Å². The number of hydrogen-bond acceptors (Lipinski definition) is 6. The lowest BCUT2D eigenvalue weighted by atomic mass is 10.2. The number of carboxylic acids is 2. The van der Waals surface area contributed by atoms with E-state index in [0.29, 0.717) is 11.5 Å². The summed E-state index contributed by atoms with van der Waals surface area (Å²) in [5.41, 5.74) is -0.0749. The van der Waals surface area contributed by atoms with Crippen molar-refractivity contribution in [2.75, 3.05) is 0 Å². The maximum absolute atomic E-state index is 11.7. The predicted molar refractivity (Wildman–Crippen MR) is 98.9 cm³/mol. The molecule has 0 saturated carbocycles. The average Bonchev–Trinajstić information content (AvgIpc) is 3.24. The molecule has 0 radical (unpaired) electrons. The molecule has 28 heavy (non-hydrogen) atoms. The van der Waals surface area contributed by atoms with Crippen molar-refractivity contribution in [2.24, 2.45) is 0 Å². The molecule has 2 N–H and O–H groups in total. The van der Waals surface area contributed by atoms with Gasteiger partial charge in [-0.15, -0.1) is 0 Å². The summed E-state index contributed by atoms with van der Waals surface area (Å²) in [5, 5.41) is 17.2. The summed E-state index contributed by atoms with van der Waals surface area (Å²) in [6.45, 7) is 3.40. The van der Waals surface area contributed by atoms with Crippen molar-refractivity contribution < 1.29 is 38.2 Å². The van der Waals surface area contributed by atoms with Gasteiger partial charge in [-0.2, -0.15) is 0 Å². The van der Waals surface area contributed by atoms with E-state index >= 15 is 0 Å². The Bertz CT molecular complexity index is 964. The maximum atomic E-state index is 11.7. The lowest BCUT2D eigenvalue weighted by Gasteiger charge is -2.05. The number of para-hydroxylation sites is 1. The summed E-state index contributed by atoms with van der Waals surface area (Å²) in [4.78, 5) is 32.7. The lowest BCUT2D eigenvalue weighted by Crippen LogP contribution is -2.10. The molecule has 148 valence electrons. The fraction of sp³-hybridized carbons (Fsp3) is 0.150. The smallest absolute Gasteiger partial charge is 0.379 e. The van der Waals surface area contributed by atoms with E-state index in [0.717, 1.165) is 0 Å². The number of benzene rings is 1. The third-order valence-electron chi connectivity index (χ3n) is 3.21. The minimum Gasteiger partial charge on any atom is -0.478 e. The van der Waals surface area contributed by atoms with Crippen molar-refractivity contribution in [1.29, 1.82) is 0 Å². The van der Waals surface area contributed by atoms with Gasteiger partial charge in [0.25, 0.3) is 0 Å². The second kappa shape index (κ2) is 9.77. The van der Waals surface area contributed by atoms with E-state index in [4.69, 9.17) is 23.8 Å². The Labute approximate surface area is 161 Å². The van der Waals surface area contributed by atoms with Gasteiger partial charge in [0.2, 0.25) is 11.5 Å². The Morgan fingerprint density at radius 3 is 1.75 bits per heavy atom. The van der Waals surface area contributed by atoms with E-state index in [1.807, 2.05) is 0 Å². The number of esters is 1. The third-order valence-corrected chi connectivity index (χ3v) is 3.21. The highest BCUT2D eigenvalue weighted by Gasteiger charge is 2.17. The molecule has 0 spiro atoms. The van der Waals surface area contributed by atoms with E-state index in [1.165, 1.54) is 24.3 Å². The normalized spacial score (nSPS) is 9.50. The largest absolute Gasteiger partial charge is 0.478 e. The SMILES string of the molecule is C.Cc1ccc(C(=O)O)o1.Cc1ccc(C(=O)Oc2ccccc2C(=O)O)o1. The summed E-state index contributed by atoms with van der Waals surface area (Å²) in [6, 6.07) is 12.1. The summed E-state index contributed by atoms with van der Waals surface area (Å²) in [7, 11) is 0. The van der Waals surface area contributed by atoms with Crippen LogP contribution in [0.5, 0.6) is 5.75 Å². The fourth-order valence-corrected chi connectivity index (χ4v) is 1.98. The molecular formula is C20H20O8. The van der Waals surface area contributed by atoms with E-state index in [9.17, 15) is 14.4 Å². The van der Waals surface area contributed by atoms with Crippen LogP contribution in [0.15, 0.2) is 57.4 Å². The quantitative estimate of drug-likeness (QED) is 0.496. The van der Waals surface area contributed by atoms with Crippen LogP contribution in [0.1, 0.15) is 50.4 Å². The molecule has 0 saturated heterocycles. The van der Waals surface area contributed by atoms with Crippen LogP contribution in [0, 0.1) is 13.8 Å². The Hall–Kier alpha value is -3.81. The number of carboxylic acid groups (broad SMARTS) is 2. The van der Waals surface area contributed by atoms with Crippen molar-refractivity contribution in [2.45, 2.75) is 21.3 Å². The van der Waals surface area contributed by atoms with Crippen molar-refractivity contribution >= 4 is 17.9 Å². The van der Waals surface area contributed by atoms with Crippen LogP contribution >= 0.6 is 0 Å². The van der Waals surface area contributed by atoms with Crippen LogP contribution in [-0.2, 0) is 0 Å². The van der Waals surface area contributed by atoms with Crippen LogP contribution in [0.4, 0.5) is 0 Å². The lowest BCUT2D eigenvalue weighted by molar-refractivity contribution is 0.0651. The van der Waals surface area contributed by atoms with Gasteiger partial charge in [-0.1, -0.05) is 19.6 Å². The minimum atomic E-state index is -1.16. The molecule has 2 aromatic heterocycles. The van der Waals surface area contributed by atoms with Crippen LogP contribution in [0.2, 0.25) is 0 Å². The van der Waals surface area contributed by atoms with Crippen LogP contribution in [-0.4, -0.2) is 28.1 Å². The first-order valence-corrected chi connectivity index (χ1v) is 7.68. The Morgan fingerprint density at radius 2 is 1.32 bits per heavy atom. The molecule has 8 nitrogen and oxygen atoms in total. The zero-order valence-electron chi connectivity index (χ0n) is 14.5. The van der Waals surface area contributed by atoms with Gasteiger partial charge < -0.3 is 23.8 Å². The zero-order chi connectivity index (χ0) is 20.0. The first kappa shape index (κ1) is 22.2. The molecule has 0 bridgehead atoms. The number of aryl methyl sites for hydroxylation is 2. The second-order valence-corrected chi connectivity index (χ2v) is 5.32. The van der Waals surface area contributed by atoms with Crippen molar-refractivity contribution in [3.63, 3.8) is 0 Å². The number of ether oxygens (including phenoxy) is 1. The predicted octanol–water partition coefficient (Wildman–Crippen LogP) is 4.43. The van der Waals surface area contributed by atoms with Gasteiger partial charge >= 0.3 is 17.9 Å². The number of furan rings is 2.